The standard InChI is InChI=1S/C25H30N4O5S/c1-17(21-10-6-8-19-7-4-5-9-22(19)21)26-23(30)16-34-25(31)20-11-13-29(14-12-20)35(32,33)24-15-28(3)18(2)27-24/h4-10,15,17,20H,11-14,16H2,1-3H3,(H,26,30). The van der Waals surface area contributed by atoms with Crippen molar-refractivity contribution in [2.45, 2.75) is 37.8 Å². The zero-order chi connectivity index (χ0) is 25.2. The lowest BCUT2D eigenvalue weighted by molar-refractivity contribution is -0.153. The van der Waals surface area contributed by atoms with Gasteiger partial charge in [-0.15, -0.1) is 0 Å². The van der Waals surface area contributed by atoms with Gasteiger partial charge in [-0.25, -0.2) is 13.4 Å². The Morgan fingerprint density at radius 3 is 2.51 bits per heavy atom. The number of esters is 1. The minimum absolute atomic E-state index is 0.00973. The first-order valence-corrected chi connectivity index (χ1v) is 13.0. The molecule has 0 aliphatic carbocycles. The van der Waals surface area contributed by atoms with Crippen molar-refractivity contribution in [1.82, 2.24) is 19.2 Å². The van der Waals surface area contributed by atoms with E-state index in [1.165, 1.54) is 10.5 Å². The maximum Gasteiger partial charge on any atom is 0.309 e. The molecule has 10 heteroatoms. The van der Waals surface area contributed by atoms with Gasteiger partial charge >= 0.3 is 5.97 Å². The Hall–Kier alpha value is -3.24. The maximum atomic E-state index is 12.8. The van der Waals surface area contributed by atoms with Crippen LogP contribution in [-0.2, 0) is 31.4 Å². The highest BCUT2D eigenvalue weighted by atomic mass is 32.2. The van der Waals surface area contributed by atoms with E-state index >= 15 is 0 Å². The number of imidazole rings is 1. The van der Waals surface area contributed by atoms with Crippen LogP contribution in [0.5, 0.6) is 0 Å². The number of aromatic nitrogens is 2. The van der Waals surface area contributed by atoms with E-state index in [2.05, 4.69) is 10.3 Å². The molecule has 0 bridgehead atoms. The second-order valence-corrected chi connectivity index (χ2v) is 10.8. The number of nitrogens with one attached hydrogen (secondary N) is 1. The van der Waals surface area contributed by atoms with Crippen molar-refractivity contribution in [1.29, 1.82) is 0 Å². The fraction of sp³-hybridized carbons (Fsp3) is 0.400. The van der Waals surface area contributed by atoms with Gasteiger partial charge in [-0.3, -0.25) is 9.59 Å². The lowest BCUT2D eigenvalue weighted by Gasteiger charge is -2.29. The number of carbonyl (C=O) groups excluding carboxylic acids is 2. The van der Waals surface area contributed by atoms with Crippen molar-refractivity contribution in [3.8, 4) is 0 Å². The first-order chi connectivity index (χ1) is 16.7. The topological polar surface area (TPSA) is 111 Å². The molecule has 1 unspecified atom stereocenters. The SMILES string of the molecule is Cc1nc(S(=O)(=O)N2CCC(C(=O)OCC(=O)NC(C)c3cccc4ccccc34)CC2)cn1C. The molecule has 2 heterocycles. The summed E-state index contributed by atoms with van der Waals surface area (Å²) in [5, 5.41) is 5.04. The minimum Gasteiger partial charge on any atom is -0.455 e. The summed E-state index contributed by atoms with van der Waals surface area (Å²) in [7, 11) is -1.97. The van der Waals surface area contributed by atoms with E-state index in [-0.39, 0.29) is 36.7 Å². The summed E-state index contributed by atoms with van der Waals surface area (Å²) in [5.41, 5.74) is 0.986. The normalized spacial score (nSPS) is 16.2. The van der Waals surface area contributed by atoms with Gasteiger partial charge in [0, 0.05) is 26.3 Å². The number of hydrogen-bond donors (Lipinski definition) is 1. The van der Waals surface area contributed by atoms with Gasteiger partial charge in [0.05, 0.1) is 12.0 Å². The molecule has 1 amide bonds. The Morgan fingerprint density at radius 2 is 1.83 bits per heavy atom. The van der Waals surface area contributed by atoms with Crippen LogP contribution >= 0.6 is 0 Å². The van der Waals surface area contributed by atoms with Crippen LogP contribution in [0.4, 0.5) is 0 Å². The van der Waals surface area contributed by atoms with E-state index < -0.39 is 21.9 Å². The summed E-state index contributed by atoms with van der Waals surface area (Å²) >= 11 is 0. The molecule has 3 aromatic rings. The lowest BCUT2D eigenvalue weighted by Crippen LogP contribution is -2.41. The zero-order valence-electron chi connectivity index (χ0n) is 20.1. The Balaban J connectivity index is 1.27. The Morgan fingerprint density at radius 1 is 1.14 bits per heavy atom. The number of benzene rings is 2. The van der Waals surface area contributed by atoms with Crippen molar-refractivity contribution in [3.05, 3.63) is 60.0 Å². The first kappa shape index (κ1) is 24.9. The molecular weight excluding hydrogens is 468 g/mol. The molecular formula is C25H30N4O5S. The van der Waals surface area contributed by atoms with Crippen molar-refractivity contribution >= 4 is 32.7 Å². The number of hydrogen-bond acceptors (Lipinski definition) is 6. The molecule has 0 saturated carbocycles. The molecule has 1 aliphatic heterocycles. The van der Waals surface area contributed by atoms with Crippen molar-refractivity contribution in [2.24, 2.45) is 13.0 Å². The molecule has 186 valence electrons. The third-order valence-corrected chi connectivity index (χ3v) is 8.26. The molecule has 4 rings (SSSR count). The number of aryl methyl sites for hydroxylation is 2. The molecule has 1 atom stereocenters. The number of ether oxygens (including phenoxy) is 1. The number of fused-ring (bicyclic) bond motifs is 1. The van der Waals surface area contributed by atoms with Gasteiger partial charge in [-0.2, -0.15) is 4.31 Å². The Kier molecular flexibility index (Phi) is 7.23. The van der Waals surface area contributed by atoms with Crippen LogP contribution in [0.15, 0.2) is 53.7 Å². The smallest absolute Gasteiger partial charge is 0.309 e. The molecule has 1 fully saturated rings. The molecule has 0 radical (unpaired) electrons. The van der Waals surface area contributed by atoms with E-state index in [1.54, 1.807) is 18.5 Å². The van der Waals surface area contributed by atoms with E-state index in [0.29, 0.717) is 18.7 Å². The van der Waals surface area contributed by atoms with E-state index in [4.69, 9.17) is 4.74 Å². The molecule has 1 N–H and O–H groups in total. The first-order valence-electron chi connectivity index (χ1n) is 11.6. The third-order valence-electron chi connectivity index (χ3n) is 6.49. The minimum atomic E-state index is -3.71. The van der Waals surface area contributed by atoms with Crippen LogP contribution in [0.25, 0.3) is 10.8 Å². The van der Waals surface area contributed by atoms with Gasteiger partial charge in [-0.1, -0.05) is 42.5 Å². The fourth-order valence-corrected chi connectivity index (χ4v) is 5.85. The Bertz CT molecular complexity index is 1320. The molecule has 35 heavy (non-hydrogen) atoms. The van der Waals surface area contributed by atoms with E-state index in [0.717, 1.165) is 16.3 Å². The average molecular weight is 499 g/mol. The molecule has 9 nitrogen and oxygen atoms in total. The summed E-state index contributed by atoms with van der Waals surface area (Å²) in [6, 6.07) is 13.6. The average Bonchev–Trinajstić information content (AvgIpc) is 3.21. The van der Waals surface area contributed by atoms with Crippen molar-refractivity contribution < 1.29 is 22.7 Å². The summed E-state index contributed by atoms with van der Waals surface area (Å²) in [6.45, 7) is 3.64. The molecule has 0 spiro atoms. The number of sulfonamides is 1. The van der Waals surface area contributed by atoms with E-state index in [1.807, 2.05) is 49.4 Å². The summed E-state index contributed by atoms with van der Waals surface area (Å²) in [6.07, 6.45) is 2.15. The van der Waals surface area contributed by atoms with Gasteiger partial charge in [0.1, 0.15) is 5.82 Å². The summed E-state index contributed by atoms with van der Waals surface area (Å²) < 4.78 is 33.9. The molecule has 1 saturated heterocycles. The second-order valence-electron chi connectivity index (χ2n) is 8.88. The largest absolute Gasteiger partial charge is 0.455 e. The van der Waals surface area contributed by atoms with E-state index in [9.17, 15) is 18.0 Å². The molecule has 1 aromatic heterocycles. The summed E-state index contributed by atoms with van der Waals surface area (Å²) in [5.74, 6) is -0.710. The number of rotatable bonds is 7. The molecule has 1 aliphatic rings. The fourth-order valence-electron chi connectivity index (χ4n) is 4.36. The van der Waals surface area contributed by atoms with Gasteiger partial charge < -0.3 is 14.6 Å². The van der Waals surface area contributed by atoms with Crippen LogP contribution in [-0.4, -0.2) is 53.8 Å². The number of piperidine rings is 1. The van der Waals surface area contributed by atoms with Crippen LogP contribution in [0.3, 0.4) is 0 Å². The highest BCUT2D eigenvalue weighted by Crippen LogP contribution is 2.25. The summed E-state index contributed by atoms with van der Waals surface area (Å²) in [4.78, 5) is 29.1. The van der Waals surface area contributed by atoms with Crippen molar-refractivity contribution in [3.63, 3.8) is 0 Å². The number of nitrogens with zero attached hydrogens (tertiary/aromatic N) is 3. The predicted molar refractivity (Wildman–Crippen MR) is 131 cm³/mol. The van der Waals surface area contributed by atoms with Gasteiger partial charge in [-0.05, 0) is 43.0 Å². The van der Waals surface area contributed by atoms with Crippen LogP contribution < -0.4 is 5.32 Å². The Labute approximate surface area is 205 Å². The zero-order valence-corrected chi connectivity index (χ0v) is 20.9. The van der Waals surface area contributed by atoms with Gasteiger partial charge in [0.2, 0.25) is 0 Å². The quantitative estimate of drug-likeness (QED) is 0.502. The van der Waals surface area contributed by atoms with Crippen LogP contribution in [0, 0.1) is 12.8 Å². The van der Waals surface area contributed by atoms with Crippen molar-refractivity contribution in [2.75, 3.05) is 19.7 Å². The number of amides is 1. The van der Waals surface area contributed by atoms with Crippen LogP contribution in [0.2, 0.25) is 0 Å². The predicted octanol–water partition coefficient (Wildman–Crippen LogP) is 2.70. The molecule has 2 aromatic carbocycles. The number of carbonyl (C=O) groups is 2. The monoisotopic (exact) mass is 498 g/mol. The van der Waals surface area contributed by atoms with Crippen LogP contribution in [0.1, 0.15) is 37.2 Å². The van der Waals surface area contributed by atoms with Gasteiger partial charge in [0.15, 0.2) is 11.6 Å². The van der Waals surface area contributed by atoms with Gasteiger partial charge in [0.25, 0.3) is 15.9 Å². The third kappa shape index (κ3) is 5.38. The lowest BCUT2D eigenvalue weighted by atomic mass is 9.98. The second kappa shape index (κ2) is 10.2. The highest BCUT2D eigenvalue weighted by Gasteiger charge is 2.34. The highest BCUT2D eigenvalue weighted by molar-refractivity contribution is 7.89. The maximum absolute atomic E-state index is 12.8.